The third-order valence-electron chi connectivity index (χ3n) is 3.98. The van der Waals surface area contributed by atoms with Crippen LogP contribution in [0.25, 0.3) is 0 Å². The van der Waals surface area contributed by atoms with E-state index in [2.05, 4.69) is 43.6 Å². The first-order chi connectivity index (χ1) is 7.98. The molecule has 2 nitrogen and oxygen atoms in total. The minimum atomic E-state index is 0.152. The Morgan fingerprint density at radius 1 is 1.24 bits per heavy atom. The van der Waals surface area contributed by atoms with E-state index in [9.17, 15) is 0 Å². The van der Waals surface area contributed by atoms with Crippen LogP contribution in [0.3, 0.4) is 0 Å². The maximum absolute atomic E-state index is 4.62. The lowest BCUT2D eigenvalue weighted by Crippen LogP contribution is -2.19. The third kappa shape index (κ3) is 2.91. The number of nitrogens with zero attached hydrogens (tertiary/aromatic N) is 2. The van der Waals surface area contributed by atoms with Gasteiger partial charge in [-0.2, -0.15) is 0 Å². The molecule has 2 heteroatoms. The molecule has 0 unspecified atom stereocenters. The lowest BCUT2D eigenvalue weighted by molar-refractivity contribution is 0.351. The zero-order valence-electron chi connectivity index (χ0n) is 11.8. The molecular formula is C15H26N2. The molecule has 0 amide bonds. The van der Waals surface area contributed by atoms with Crippen LogP contribution in [0.15, 0.2) is 6.20 Å². The molecule has 0 radical (unpaired) electrons. The van der Waals surface area contributed by atoms with Gasteiger partial charge in [-0.3, -0.25) is 0 Å². The van der Waals surface area contributed by atoms with E-state index in [4.69, 9.17) is 0 Å². The Hall–Kier alpha value is -0.790. The first-order valence-electron chi connectivity index (χ1n) is 6.99. The summed E-state index contributed by atoms with van der Waals surface area (Å²) >= 11 is 0. The van der Waals surface area contributed by atoms with Crippen molar-refractivity contribution in [3.63, 3.8) is 0 Å². The molecule has 1 aliphatic carbocycles. The maximum atomic E-state index is 4.62. The fourth-order valence-electron chi connectivity index (χ4n) is 3.02. The van der Waals surface area contributed by atoms with Crippen LogP contribution >= 0.6 is 0 Å². The molecule has 0 aromatic carbocycles. The predicted octanol–water partition coefficient (Wildman–Crippen LogP) is 3.84. The van der Waals surface area contributed by atoms with Crippen LogP contribution in [0.4, 0.5) is 0 Å². The Morgan fingerprint density at radius 3 is 2.41 bits per heavy atom. The van der Waals surface area contributed by atoms with E-state index in [0.29, 0.717) is 0 Å². The number of hydrogen-bond acceptors (Lipinski definition) is 1. The van der Waals surface area contributed by atoms with Crippen molar-refractivity contribution >= 4 is 0 Å². The minimum Gasteiger partial charge on any atom is -0.335 e. The second-order valence-electron chi connectivity index (χ2n) is 6.59. The molecule has 1 saturated carbocycles. The quantitative estimate of drug-likeness (QED) is 0.760. The van der Waals surface area contributed by atoms with E-state index in [1.165, 1.54) is 50.0 Å². The standard InChI is InChI=1S/C15H26N2/c1-15(2,3)14-16-11-13(17(14)4)10-12-8-6-5-7-9-12/h11-12H,5-10H2,1-4H3. The van der Waals surface area contributed by atoms with Gasteiger partial charge in [0.2, 0.25) is 0 Å². The molecule has 1 aromatic rings. The summed E-state index contributed by atoms with van der Waals surface area (Å²) in [5, 5.41) is 0. The van der Waals surface area contributed by atoms with Crippen molar-refractivity contribution in [3.05, 3.63) is 17.7 Å². The highest BCUT2D eigenvalue weighted by atomic mass is 15.1. The highest BCUT2D eigenvalue weighted by molar-refractivity contribution is 5.12. The molecule has 1 fully saturated rings. The minimum absolute atomic E-state index is 0.152. The van der Waals surface area contributed by atoms with Crippen LogP contribution in [0.2, 0.25) is 0 Å². The van der Waals surface area contributed by atoms with Crippen LogP contribution < -0.4 is 0 Å². The summed E-state index contributed by atoms with van der Waals surface area (Å²) in [4.78, 5) is 4.62. The van der Waals surface area contributed by atoms with Gasteiger partial charge in [0.1, 0.15) is 5.82 Å². The van der Waals surface area contributed by atoms with Gasteiger partial charge in [0.15, 0.2) is 0 Å². The Kier molecular flexibility index (Phi) is 3.60. The van der Waals surface area contributed by atoms with Crippen molar-refractivity contribution in [1.82, 2.24) is 9.55 Å². The van der Waals surface area contributed by atoms with Gasteiger partial charge >= 0.3 is 0 Å². The van der Waals surface area contributed by atoms with E-state index >= 15 is 0 Å². The number of imidazole rings is 1. The van der Waals surface area contributed by atoms with Gasteiger partial charge in [-0.25, -0.2) is 4.98 Å². The van der Waals surface area contributed by atoms with Crippen LogP contribution in [0.5, 0.6) is 0 Å². The Morgan fingerprint density at radius 2 is 1.88 bits per heavy atom. The summed E-state index contributed by atoms with van der Waals surface area (Å²) in [6.07, 6.45) is 10.4. The SMILES string of the molecule is Cn1c(CC2CCCCC2)cnc1C(C)(C)C. The van der Waals surface area contributed by atoms with E-state index in [-0.39, 0.29) is 5.41 Å². The van der Waals surface area contributed by atoms with Crippen LogP contribution in [-0.4, -0.2) is 9.55 Å². The molecule has 1 heterocycles. The topological polar surface area (TPSA) is 17.8 Å². The van der Waals surface area contributed by atoms with Crippen molar-refractivity contribution in [2.24, 2.45) is 13.0 Å². The summed E-state index contributed by atoms with van der Waals surface area (Å²) in [5.41, 5.74) is 1.57. The van der Waals surface area contributed by atoms with Gasteiger partial charge in [-0.15, -0.1) is 0 Å². The van der Waals surface area contributed by atoms with Crippen molar-refractivity contribution in [3.8, 4) is 0 Å². The Bertz CT molecular complexity index is 365. The van der Waals surface area contributed by atoms with Crippen LogP contribution in [0.1, 0.15) is 64.4 Å². The Labute approximate surface area is 105 Å². The third-order valence-corrected chi connectivity index (χ3v) is 3.98. The molecule has 0 atom stereocenters. The predicted molar refractivity (Wildman–Crippen MR) is 72.2 cm³/mol. The molecule has 1 aromatic heterocycles. The average Bonchev–Trinajstić information content (AvgIpc) is 2.61. The zero-order valence-corrected chi connectivity index (χ0v) is 11.8. The number of rotatable bonds is 2. The first-order valence-corrected chi connectivity index (χ1v) is 6.99. The zero-order chi connectivity index (χ0) is 12.5. The van der Waals surface area contributed by atoms with E-state index in [1.54, 1.807) is 0 Å². The lowest BCUT2D eigenvalue weighted by atomic mass is 9.86. The second-order valence-corrected chi connectivity index (χ2v) is 6.59. The molecule has 0 aliphatic heterocycles. The normalized spacial score (nSPS) is 18.6. The van der Waals surface area contributed by atoms with E-state index < -0.39 is 0 Å². The first kappa shape index (κ1) is 12.7. The van der Waals surface area contributed by atoms with E-state index in [0.717, 1.165) is 5.92 Å². The van der Waals surface area contributed by atoms with Gasteiger partial charge in [0, 0.05) is 24.4 Å². The summed E-state index contributed by atoms with van der Waals surface area (Å²) in [7, 11) is 2.17. The molecule has 0 spiro atoms. The largest absolute Gasteiger partial charge is 0.335 e. The Balaban J connectivity index is 2.09. The summed E-state index contributed by atoms with van der Waals surface area (Å²) < 4.78 is 2.31. The summed E-state index contributed by atoms with van der Waals surface area (Å²) in [6, 6.07) is 0. The molecule has 96 valence electrons. The molecule has 0 saturated heterocycles. The van der Waals surface area contributed by atoms with E-state index in [1.807, 2.05) is 0 Å². The van der Waals surface area contributed by atoms with Crippen molar-refractivity contribution in [1.29, 1.82) is 0 Å². The lowest BCUT2D eigenvalue weighted by Gasteiger charge is -2.23. The second kappa shape index (κ2) is 4.83. The highest BCUT2D eigenvalue weighted by Crippen LogP contribution is 2.28. The average molecular weight is 234 g/mol. The monoisotopic (exact) mass is 234 g/mol. The van der Waals surface area contributed by atoms with Gasteiger partial charge in [-0.05, 0) is 12.3 Å². The smallest absolute Gasteiger partial charge is 0.114 e. The highest BCUT2D eigenvalue weighted by Gasteiger charge is 2.22. The number of aromatic nitrogens is 2. The van der Waals surface area contributed by atoms with Gasteiger partial charge in [0.05, 0.1) is 0 Å². The van der Waals surface area contributed by atoms with Crippen molar-refractivity contribution < 1.29 is 0 Å². The fourth-order valence-corrected chi connectivity index (χ4v) is 3.02. The van der Waals surface area contributed by atoms with Crippen molar-refractivity contribution in [2.75, 3.05) is 0 Å². The fraction of sp³-hybridized carbons (Fsp3) is 0.800. The summed E-state index contributed by atoms with van der Waals surface area (Å²) in [6.45, 7) is 6.71. The van der Waals surface area contributed by atoms with Gasteiger partial charge in [0.25, 0.3) is 0 Å². The molecule has 0 N–H and O–H groups in total. The molecule has 17 heavy (non-hydrogen) atoms. The van der Waals surface area contributed by atoms with Crippen LogP contribution in [0, 0.1) is 5.92 Å². The molecule has 2 rings (SSSR count). The van der Waals surface area contributed by atoms with Crippen molar-refractivity contribution in [2.45, 2.75) is 64.7 Å². The number of hydrogen-bond donors (Lipinski definition) is 0. The summed E-state index contributed by atoms with van der Waals surface area (Å²) in [5.74, 6) is 2.11. The van der Waals surface area contributed by atoms with Crippen LogP contribution in [-0.2, 0) is 18.9 Å². The molecule has 1 aliphatic rings. The molecular weight excluding hydrogens is 208 g/mol. The maximum Gasteiger partial charge on any atom is 0.114 e. The van der Waals surface area contributed by atoms with Gasteiger partial charge < -0.3 is 4.57 Å². The van der Waals surface area contributed by atoms with Gasteiger partial charge in [-0.1, -0.05) is 52.9 Å². The molecule has 0 bridgehead atoms.